The van der Waals surface area contributed by atoms with Crippen molar-refractivity contribution in [1.29, 1.82) is 0 Å². The van der Waals surface area contributed by atoms with Crippen LogP contribution in [0.1, 0.15) is 37.5 Å². The number of anilines is 1. The number of alkyl halides is 3. The number of nitrogens with zero attached hydrogens (tertiary/aromatic N) is 2. The van der Waals surface area contributed by atoms with Crippen molar-refractivity contribution in [2.75, 3.05) is 5.32 Å². The van der Waals surface area contributed by atoms with Gasteiger partial charge >= 0.3 is 6.18 Å². The van der Waals surface area contributed by atoms with Crippen molar-refractivity contribution < 1.29 is 22.8 Å². The smallest absolute Gasteiger partial charge is 0.322 e. The van der Waals surface area contributed by atoms with Crippen LogP contribution in [-0.4, -0.2) is 21.7 Å². The van der Waals surface area contributed by atoms with Crippen LogP contribution in [0.15, 0.2) is 48.9 Å². The third-order valence-electron chi connectivity index (χ3n) is 4.18. The van der Waals surface area contributed by atoms with Gasteiger partial charge in [0.1, 0.15) is 6.29 Å². The summed E-state index contributed by atoms with van der Waals surface area (Å²) in [7, 11) is 0. The van der Waals surface area contributed by atoms with Gasteiger partial charge in [0.25, 0.3) is 5.91 Å². The van der Waals surface area contributed by atoms with Crippen molar-refractivity contribution in [3.8, 4) is 5.69 Å². The van der Waals surface area contributed by atoms with E-state index in [1.165, 1.54) is 23.0 Å². The minimum absolute atomic E-state index is 0.163. The van der Waals surface area contributed by atoms with Gasteiger partial charge in [-0.2, -0.15) is 13.2 Å². The molecule has 1 heterocycles. The van der Waals surface area contributed by atoms with Crippen molar-refractivity contribution >= 4 is 17.9 Å². The molecule has 0 aliphatic carbocycles. The van der Waals surface area contributed by atoms with Gasteiger partial charge in [-0.05, 0) is 49.7 Å². The van der Waals surface area contributed by atoms with Gasteiger partial charge in [0, 0.05) is 28.7 Å². The number of aryl methyl sites for hydroxylation is 2. The number of benzene rings is 2. The summed E-state index contributed by atoms with van der Waals surface area (Å²) < 4.78 is 41.3. The van der Waals surface area contributed by atoms with Crippen molar-refractivity contribution in [2.24, 2.45) is 0 Å². The lowest BCUT2D eigenvalue weighted by molar-refractivity contribution is -0.137. The average Bonchev–Trinajstić information content (AvgIpc) is 3.08. The van der Waals surface area contributed by atoms with Crippen LogP contribution >= 0.6 is 0 Å². The molecule has 0 atom stereocenters. The van der Waals surface area contributed by atoms with E-state index in [1.54, 1.807) is 32.2 Å². The van der Waals surface area contributed by atoms with Crippen LogP contribution in [0.2, 0.25) is 0 Å². The van der Waals surface area contributed by atoms with E-state index in [-0.39, 0.29) is 11.3 Å². The molecule has 0 spiro atoms. The highest BCUT2D eigenvalue weighted by atomic mass is 19.4. The van der Waals surface area contributed by atoms with Gasteiger partial charge < -0.3 is 9.88 Å². The molecule has 1 aromatic heterocycles. The second-order valence-corrected chi connectivity index (χ2v) is 6.33. The normalized spacial score (nSPS) is 11.3. The molecule has 0 aliphatic heterocycles. The summed E-state index contributed by atoms with van der Waals surface area (Å²) in [6, 6.07) is 7.78. The second-order valence-electron chi connectivity index (χ2n) is 6.33. The van der Waals surface area contributed by atoms with E-state index in [0.717, 1.165) is 17.7 Å². The molecule has 3 aromatic rings. The Labute approximate surface area is 158 Å². The fourth-order valence-corrected chi connectivity index (χ4v) is 2.67. The number of aromatic nitrogens is 2. The van der Waals surface area contributed by atoms with E-state index in [2.05, 4.69) is 10.3 Å². The van der Waals surface area contributed by atoms with Gasteiger partial charge in [0.2, 0.25) is 0 Å². The molecule has 0 fully saturated rings. The number of hydrogen-bond donors (Lipinski definition) is 1. The summed E-state index contributed by atoms with van der Waals surface area (Å²) in [5.41, 5.74) is 1.11. The number of hydrogen-bond acceptors (Lipinski definition) is 3. The third kappa shape index (κ3) is 4.11. The lowest BCUT2D eigenvalue weighted by Gasteiger charge is -2.13. The predicted molar refractivity (Wildman–Crippen MR) is 97.8 cm³/mol. The topological polar surface area (TPSA) is 64.0 Å². The molecule has 8 heteroatoms. The Morgan fingerprint density at radius 3 is 2.50 bits per heavy atom. The maximum Gasteiger partial charge on any atom is 0.416 e. The molecule has 144 valence electrons. The highest BCUT2D eigenvalue weighted by molar-refractivity contribution is 6.05. The molecule has 28 heavy (non-hydrogen) atoms. The monoisotopic (exact) mass is 387 g/mol. The Hall–Kier alpha value is -3.42. The standard InChI is InChI=1S/C20H16F3N3O2/c1-12-3-4-17(6-15(12)10-27)25-19(28)14-5-16(20(21,22)23)8-18(7-14)26-9-13(2)24-11-26/h3-11H,1-2H3,(H,25,28). The first-order chi connectivity index (χ1) is 13.2. The average molecular weight is 387 g/mol. The van der Waals surface area contributed by atoms with E-state index >= 15 is 0 Å². The van der Waals surface area contributed by atoms with Crippen molar-refractivity contribution in [3.05, 3.63) is 76.9 Å². The Kier molecular flexibility index (Phi) is 5.04. The number of nitrogens with one attached hydrogen (secondary N) is 1. The zero-order valence-electron chi connectivity index (χ0n) is 15.0. The molecule has 2 aromatic carbocycles. The number of carbonyl (C=O) groups excluding carboxylic acids is 2. The number of aldehydes is 1. The highest BCUT2D eigenvalue weighted by Crippen LogP contribution is 2.32. The summed E-state index contributed by atoms with van der Waals surface area (Å²) in [6.07, 6.45) is -1.03. The first-order valence-electron chi connectivity index (χ1n) is 8.28. The van der Waals surface area contributed by atoms with E-state index < -0.39 is 17.6 Å². The highest BCUT2D eigenvalue weighted by Gasteiger charge is 2.32. The van der Waals surface area contributed by atoms with Crippen LogP contribution in [0.3, 0.4) is 0 Å². The van der Waals surface area contributed by atoms with Crippen molar-refractivity contribution in [1.82, 2.24) is 9.55 Å². The molecule has 1 amide bonds. The molecule has 0 bridgehead atoms. The number of halogens is 3. The molecular formula is C20H16F3N3O2. The number of amides is 1. The van der Waals surface area contributed by atoms with Crippen molar-refractivity contribution in [2.45, 2.75) is 20.0 Å². The van der Waals surface area contributed by atoms with Gasteiger partial charge in [0.15, 0.2) is 0 Å². The largest absolute Gasteiger partial charge is 0.416 e. The van der Waals surface area contributed by atoms with Gasteiger partial charge in [0.05, 0.1) is 17.6 Å². The zero-order valence-corrected chi connectivity index (χ0v) is 15.0. The molecule has 0 unspecified atom stereocenters. The molecular weight excluding hydrogens is 371 g/mol. The van der Waals surface area contributed by atoms with Crippen LogP contribution in [0, 0.1) is 13.8 Å². The van der Waals surface area contributed by atoms with E-state index in [0.29, 0.717) is 23.2 Å². The summed E-state index contributed by atoms with van der Waals surface area (Å²) >= 11 is 0. The van der Waals surface area contributed by atoms with Gasteiger partial charge in [-0.15, -0.1) is 0 Å². The quantitative estimate of drug-likeness (QED) is 0.667. The molecule has 0 aliphatic rings. The minimum atomic E-state index is -4.62. The van der Waals surface area contributed by atoms with Crippen LogP contribution < -0.4 is 5.32 Å². The number of carbonyl (C=O) groups is 2. The van der Waals surface area contributed by atoms with Gasteiger partial charge in [-0.25, -0.2) is 4.98 Å². The third-order valence-corrected chi connectivity index (χ3v) is 4.18. The molecule has 0 saturated carbocycles. The maximum absolute atomic E-state index is 13.3. The van der Waals surface area contributed by atoms with Crippen LogP contribution in [0.4, 0.5) is 18.9 Å². The maximum atomic E-state index is 13.3. The summed E-state index contributed by atoms with van der Waals surface area (Å²) in [5.74, 6) is -0.718. The van der Waals surface area contributed by atoms with E-state index in [4.69, 9.17) is 0 Å². The molecule has 1 N–H and O–H groups in total. The molecule has 5 nitrogen and oxygen atoms in total. The van der Waals surface area contributed by atoms with Gasteiger partial charge in [-0.1, -0.05) is 6.07 Å². The molecule has 0 saturated heterocycles. The van der Waals surface area contributed by atoms with Gasteiger partial charge in [-0.3, -0.25) is 9.59 Å². The predicted octanol–water partition coefficient (Wildman–Crippen LogP) is 4.57. The first-order valence-corrected chi connectivity index (χ1v) is 8.28. The molecule has 0 radical (unpaired) electrons. The Morgan fingerprint density at radius 1 is 1.14 bits per heavy atom. The SMILES string of the molecule is Cc1cn(-c2cc(C(=O)Nc3ccc(C)c(C=O)c3)cc(C(F)(F)F)c2)cn1. The Bertz CT molecular complexity index is 1060. The Balaban J connectivity index is 2.00. The first kappa shape index (κ1) is 19.3. The lowest BCUT2D eigenvalue weighted by atomic mass is 10.1. The summed E-state index contributed by atoms with van der Waals surface area (Å²) in [5, 5.41) is 2.53. The molecule has 3 rings (SSSR count). The van der Waals surface area contributed by atoms with E-state index in [1.807, 2.05) is 0 Å². The lowest BCUT2D eigenvalue weighted by Crippen LogP contribution is -2.15. The fraction of sp³-hybridized carbons (Fsp3) is 0.150. The zero-order chi connectivity index (χ0) is 20.5. The van der Waals surface area contributed by atoms with Crippen molar-refractivity contribution in [3.63, 3.8) is 0 Å². The minimum Gasteiger partial charge on any atom is -0.322 e. The summed E-state index contributed by atoms with van der Waals surface area (Å²) in [4.78, 5) is 27.6. The van der Waals surface area contributed by atoms with Crippen LogP contribution in [0.25, 0.3) is 5.69 Å². The second kappa shape index (κ2) is 7.30. The number of imidazole rings is 1. The van der Waals surface area contributed by atoms with Crippen LogP contribution in [-0.2, 0) is 6.18 Å². The Morgan fingerprint density at radius 2 is 1.89 bits per heavy atom. The number of rotatable bonds is 4. The fourth-order valence-electron chi connectivity index (χ4n) is 2.67. The summed E-state index contributed by atoms with van der Waals surface area (Å²) in [6.45, 7) is 3.45. The van der Waals surface area contributed by atoms with E-state index in [9.17, 15) is 22.8 Å². The van der Waals surface area contributed by atoms with Crippen LogP contribution in [0.5, 0.6) is 0 Å².